The van der Waals surface area contributed by atoms with E-state index in [0.717, 1.165) is 11.4 Å². The minimum absolute atomic E-state index is 0.443. The van der Waals surface area contributed by atoms with Gasteiger partial charge < -0.3 is 20.9 Å². The summed E-state index contributed by atoms with van der Waals surface area (Å²) in [6, 6.07) is 14.6. The summed E-state index contributed by atoms with van der Waals surface area (Å²) >= 11 is 0. The molecule has 0 aliphatic heterocycles. The van der Waals surface area contributed by atoms with E-state index in [0.29, 0.717) is 24.7 Å². The number of ether oxygens (including phenoxy) is 2. The zero-order valence-corrected chi connectivity index (χ0v) is 10.0. The lowest BCUT2D eigenvalue weighted by atomic mass is 10.3. The summed E-state index contributed by atoms with van der Waals surface area (Å²) in [6.07, 6.45) is 0. The van der Waals surface area contributed by atoms with Crippen molar-refractivity contribution in [3.8, 4) is 11.5 Å². The highest BCUT2D eigenvalue weighted by molar-refractivity contribution is 5.51. The molecule has 4 nitrogen and oxygen atoms in total. The van der Waals surface area contributed by atoms with Crippen molar-refractivity contribution < 1.29 is 9.47 Å². The molecule has 18 heavy (non-hydrogen) atoms. The van der Waals surface area contributed by atoms with Crippen LogP contribution in [0.4, 0.5) is 11.4 Å². The van der Waals surface area contributed by atoms with Crippen LogP contribution in [-0.2, 0) is 0 Å². The molecule has 0 amide bonds. The van der Waals surface area contributed by atoms with Crippen LogP contribution in [0.1, 0.15) is 0 Å². The minimum atomic E-state index is 0.443. The Bertz CT molecular complexity index is 497. The number of nitrogens with two attached hydrogens (primary N) is 2. The lowest BCUT2D eigenvalue weighted by Crippen LogP contribution is -2.09. The van der Waals surface area contributed by atoms with E-state index in [1.165, 1.54) is 0 Å². The maximum Gasteiger partial charge on any atom is 0.142 e. The van der Waals surface area contributed by atoms with E-state index in [4.69, 9.17) is 20.9 Å². The lowest BCUT2D eigenvalue weighted by Gasteiger charge is -2.09. The molecule has 2 aromatic rings. The van der Waals surface area contributed by atoms with Gasteiger partial charge in [-0.2, -0.15) is 0 Å². The zero-order valence-electron chi connectivity index (χ0n) is 10.0. The second-order valence-corrected chi connectivity index (χ2v) is 3.80. The number of nitrogen functional groups attached to an aromatic ring is 2. The van der Waals surface area contributed by atoms with E-state index in [-0.39, 0.29) is 0 Å². The van der Waals surface area contributed by atoms with Gasteiger partial charge in [-0.05, 0) is 36.4 Å². The molecule has 0 aromatic heterocycles. The first-order chi connectivity index (χ1) is 8.75. The predicted octanol–water partition coefficient (Wildman–Crippen LogP) is 2.31. The van der Waals surface area contributed by atoms with Crippen molar-refractivity contribution in [2.45, 2.75) is 0 Å². The predicted molar refractivity (Wildman–Crippen MR) is 72.7 cm³/mol. The van der Waals surface area contributed by atoms with Gasteiger partial charge in [-0.25, -0.2) is 0 Å². The quantitative estimate of drug-likeness (QED) is 0.625. The van der Waals surface area contributed by atoms with Gasteiger partial charge in [0.05, 0.1) is 5.69 Å². The Labute approximate surface area is 106 Å². The summed E-state index contributed by atoms with van der Waals surface area (Å²) in [6.45, 7) is 0.900. The highest BCUT2D eigenvalue weighted by atomic mass is 16.5. The molecule has 0 radical (unpaired) electrons. The van der Waals surface area contributed by atoms with Crippen LogP contribution >= 0.6 is 0 Å². The van der Waals surface area contributed by atoms with Gasteiger partial charge >= 0.3 is 0 Å². The summed E-state index contributed by atoms with van der Waals surface area (Å²) in [5.41, 5.74) is 12.7. The lowest BCUT2D eigenvalue weighted by molar-refractivity contribution is 0.218. The molecule has 0 spiro atoms. The number of anilines is 2. The van der Waals surface area contributed by atoms with Crippen LogP contribution in [0.5, 0.6) is 11.5 Å². The molecule has 0 atom stereocenters. The molecule has 4 N–H and O–H groups in total. The molecule has 94 valence electrons. The van der Waals surface area contributed by atoms with Crippen molar-refractivity contribution in [2.24, 2.45) is 0 Å². The molecule has 0 fully saturated rings. The molecule has 0 bridgehead atoms. The van der Waals surface area contributed by atoms with E-state index >= 15 is 0 Å². The zero-order chi connectivity index (χ0) is 12.8. The molecule has 2 aromatic carbocycles. The molecule has 0 aliphatic carbocycles. The van der Waals surface area contributed by atoms with Crippen molar-refractivity contribution in [1.82, 2.24) is 0 Å². The highest BCUT2D eigenvalue weighted by Gasteiger charge is 1.98. The van der Waals surface area contributed by atoms with E-state index < -0.39 is 0 Å². The Balaban J connectivity index is 1.76. The van der Waals surface area contributed by atoms with Crippen molar-refractivity contribution >= 4 is 11.4 Å². The number of rotatable bonds is 5. The standard InChI is InChI=1S/C14H16N2O2/c15-11-5-7-12(8-6-11)17-9-10-18-14-4-2-1-3-13(14)16/h1-8H,9-10,15-16H2. The van der Waals surface area contributed by atoms with Gasteiger partial charge in [0, 0.05) is 5.69 Å². The first-order valence-electron chi connectivity index (χ1n) is 5.71. The fourth-order valence-corrected chi connectivity index (χ4v) is 1.49. The monoisotopic (exact) mass is 244 g/mol. The first kappa shape index (κ1) is 12.1. The third kappa shape index (κ3) is 3.31. The fourth-order valence-electron chi connectivity index (χ4n) is 1.49. The topological polar surface area (TPSA) is 70.5 Å². The largest absolute Gasteiger partial charge is 0.490 e. The van der Waals surface area contributed by atoms with Crippen LogP contribution in [0.3, 0.4) is 0 Å². The summed E-state index contributed by atoms with van der Waals surface area (Å²) in [4.78, 5) is 0. The molecule has 0 saturated heterocycles. The molecule has 0 saturated carbocycles. The Morgan fingerprint density at radius 2 is 1.44 bits per heavy atom. The molecular formula is C14H16N2O2. The van der Waals surface area contributed by atoms with Gasteiger partial charge in [0.15, 0.2) is 0 Å². The Morgan fingerprint density at radius 1 is 0.778 bits per heavy atom. The summed E-state index contributed by atoms with van der Waals surface area (Å²) in [7, 11) is 0. The smallest absolute Gasteiger partial charge is 0.142 e. The van der Waals surface area contributed by atoms with Crippen molar-refractivity contribution in [3.63, 3.8) is 0 Å². The Morgan fingerprint density at radius 3 is 2.17 bits per heavy atom. The van der Waals surface area contributed by atoms with Gasteiger partial charge in [0.25, 0.3) is 0 Å². The number of hydrogen-bond acceptors (Lipinski definition) is 4. The van der Waals surface area contributed by atoms with Crippen LogP contribution in [0, 0.1) is 0 Å². The van der Waals surface area contributed by atoms with E-state index in [1.54, 1.807) is 18.2 Å². The second-order valence-electron chi connectivity index (χ2n) is 3.80. The van der Waals surface area contributed by atoms with Crippen LogP contribution in [0.2, 0.25) is 0 Å². The Kier molecular flexibility index (Phi) is 3.91. The highest BCUT2D eigenvalue weighted by Crippen LogP contribution is 2.19. The van der Waals surface area contributed by atoms with Crippen molar-refractivity contribution in [1.29, 1.82) is 0 Å². The van der Waals surface area contributed by atoms with Gasteiger partial charge in [-0.1, -0.05) is 12.1 Å². The maximum absolute atomic E-state index is 5.75. The van der Waals surface area contributed by atoms with Gasteiger partial charge in [-0.15, -0.1) is 0 Å². The average molecular weight is 244 g/mol. The number of hydrogen-bond donors (Lipinski definition) is 2. The summed E-state index contributed by atoms with van der Waals surface area (Å²) in [5.74, 6) is 1.45. The van der Waals surface area contributed by atoms with Gasteiger partial charge in [0.2, 0.25) is 0 Å². The van der Waals surface area contributed by atoms with Crippen LogP contribution < -0.4 is 20.9 Å². The summed E-state index contributed by atoms with van der Waals surface area (Å²) < 4.78 is 11.0. The Hall–Kier alpha value is -2.36. The van der Waals surface area contributed by atoms with Crippen molar-refractivity contribution in [3.05, 3.63) is 48.5 Å². The number of para-hydroxylation sites is 2. The van der Waals surface area contributed by atoms with Crippen molar-refractivity contribution in [2.75, 3.05) is 24.7 Å². The summed E-state index contributed by atoms with van der Waals surface area (Å²) in [5, 5.41) is 0. The van der Waals surface area contributed by atoms with Crippen LogP contribution in [-0.4, -0.2) is 13.2 Å². The third-order valence-corrected chi connectivity index (χ3v) is 2.41. The molecule has 2 rings (SSSR count). The van der Waals surface area contributed by atoms with Crippen LogP contribution in [0.25, 0.3) is 0 Å². The molecule has 0 unspecified atom stereocenters. The molecular weight excluding hydrogens is 228 g/mol. The molecule has 0 heterocycles. The molecule has 0 aliphatic rings. The maximum atomic E-state index is 5.75. The van der Waals surface area contributed by atoms with E-state index in [9.17, 15) is 0 Å². The average Bonchev–Trinajstić information content (AvgIpc) is 2.39. The van der Waals surface area contributed by atoms with Crippen LogP contribution in [0.15, 0.2) is 48.5 Å². The van der Waals surface area contributed by atoms with E-state index in [1.807, 2.05) is 30.3 Å². The fraction of sp³-hybridized carbons (Fsp3) is 0.143. The molecule has 4 heteroatoms. The third-order valence-electron chi connectivity index (χ3n) is 2.41. The minimum Gasteiger partial charge on any atom is -0.490 e. The van der Waals surface area contributed by atoms with Gasteiger partial charge in [-0.3, -0.25) is 0 Å². The second kappa shape index (κ2) is 5.82. The normalized spacial score (nSPS) is 10.0. The SMILES string of the molecule is Nc1ccc(OCCOc2ccccc2N)cc1. The van der Waals surface area contributed by atoms with Gasteiger partial charge in [0.1, 0.15) is 24.7 Å². The number of benzene rings is 2. The first-order valence-corrected chi connectivity index (χ1v) is 5.71. The van der Waals surface area contributed by atoms with E-state index in [2.05, 4.69) is 0 Å².